The Bertz CT molecular complexity index is 529. The second kappa shape index (κ2) is 5.27. The summed E-state index contributed by atoms with van der Waals surface area (Å²) in [4.78, 5) is 13.8. The number of benzene rings is 1. The van der Waals surface area contributed by atoms with Crippen LogP contribution in [0.2, 0.25) is 0 Å². The summed E-state index contributed by atoms with van der Waals surface area (Å²) in [7, 11) is 0. The van der Waals surface area contributed by atoms with E-state index in [0.29, 0.717) is 5.76 Å². The molecule has 0 aliphatic rings. The maximum atomic E-state index is 12.3. The molecule has 0 saturated carbocycles. The maximum absolute atomic E-state index is 12.3. The molecule has 3 nitrogen and oxygen atoms in total. The molecule has 0 atom stereocenters. The van der Waals surface area contributed by atoms with Crippen molar-refractivity contribution in [3.8, 4) is 0 Å². The zero-order valence-corrected chi connectivity index (χ0v) is 11.1. The molecule has 18 heavy (non-hydrogen) atoms. The van der Waals surface area contributed by atoms with Crippen LogP contribution in [-0.2, 0) is 0 Å². The lowest BCUT2D eigenvalue weighted by atomic mass is 10.1. The molecule has 0 unspecified atom stereocenters. The van der Waals surface area contributed by atoms with Gasteiger partial charge in [-0.2, -0.15) is 0 Å². The number of amides is 1. The predicted octanol–water partition coefficient (Wildman–Crippen LogP) is 3.74. The molecule has 0 saturated heterocycles. The summed E-state index contributed by atoms with van der Waals surface area (Å²) >= 11 is 5.92. The van der Waals surface area contributed by atoms with Crippen molar-refractivity contribution in [1.82, 2.24) is 0 Å². The van der Waals surface area contributed by atoms with E-state index in [1.165, 1.54) is 11.2 Å². The van der Waals surface area contributed by atoms with Crippen molar-refractivity contribution in [2.45, 2.75) is 13.8 Å². The van der Waals surface area contributed by atoms with Crippen LogP contribution in [0.15, 0.2) is 41.0 Å². The average molecular weight is 264 g/mol. The Labute approximate surface area is 111 Å². The number of carbonyl (C=O) groups is 1. The van der Waals surface area contributed by atoms with E-state index < -0.39 is 0 Å². The fourth-order valence-electron chi connectivity index (χ4n) is 1.98. The minimum atomic E-state index is -0.229. The number of carbonyl (C=O) groups excluding carboxylic acids is 1. The van der Waals surface area contributed by atoms with Crippen molar-refractivity contribution < 1.29 is 9.21 Å². The number of aryl methyl sites for hydroxylation is 2. The zero-order chi connectivity index (χ0) is 13.1. The fraction of sp³-hybridized carbons (Fsp3) is 0.214. The predicted molar refractivity (Wildman–Crippen MR) is 72.2 cm³/mol. The third-order valence-corrected chi connectivity index (χ3v) is 3.05. The molecule has 94 valence electrons. The summed E-state index contributed by atoms with van der Waals surface area (Å²) in [5.41, 5.74) is 2.86. The molecular formula is C14H14ClNO2. The highest BCUT2D eigenvalue weighted by Crippen LogP contribution is 2.26. The first-order chi connectivity index (χ1) is 8.65. The third-order valence-electron chi connectivity index (χ3n) is 2.81. The lowest BCUT2D eigenvalue weighted by Gasteiger charge is -2.22. The van der Waals surface area contributed by atoms with E-state index in [-0.39, 0.29) is 11.9 Å². The van der Waals surface area contributed by atoms with Crippen molar-refractivity contribution in [1.29, 1.82) is 0 Å². The van der Waals surface area contributed by atoms with Crippen molar-refractivity contribution in [3.63, 3.8) is 0 Å². The Hall–Kier alpha value is -1.74. The second-order valence-corrected chi connectivity index (χ2v) is 4.31. The van der Waals surface area contributed by atoms with E-state index >= 15 is 0 Å². The summed E-state index contributed by atoms with van der Waals surface area (Å²) in [5, 5.41) is 0. The van der Waals surface area contributed by atoms with Gasteiger partial charge < -0.3 is 4.42 Å². The number of nitrogens with zero attached hydrogens (tertiary/aromatic N) is 1. The van der Waals surface area contributed by atoms with Crippen LogP contribution in [0.25, 0.3) is 0 Å². The molecule has 1 aromatic carbocycles. The van der Waals surface area contributed by atoms with Crippen LogP contribution in [-0.4, -0.2) is 11.9 Å². The largest absolute Gasteiger partial charge is 0.459 e. The van der Waals surface area contributed by atoms with E-state index in [4.69, 9.17) is 16.0 Å². The number of furan rings is 1. The number of hydrogen-bond acceptors (Lipinski definition) is 2. The highest BCUT2D eigenvalue weighted by atomic mass is 35.5. The number of alkyl halides is 1. The Kier molecular flexibility index (Phi) is 3.72. The van der Waals surface area contributed by atoms with Crippen LogP contribution in [0.5, 0.6) is 0 Å². The zero-order valence-electron chi connectivity index (χ0n) is 10.3. The van der Waals surface area contributed by atoms with E-state index in [9.17, 15) is 4.79 Å². The molecule has 1 aromatic heterocycles. The van der Waals surface area contributed by atoms with E-state index in [1.807, 2.05) is 32.0 Å². The summed E-state index contributed by atoms with van der Waals surface area (Å²) in [6.45, 7) is 3.91. The molecule has 2 rings (SSSR count). The highest BCUT2D eigenvalue weighted by molar-refractivity contribution is 6.23. The van der Waals surface area contributed by atoms with Gasteiger partial charge in [-0.25, -0.2) is 0 Å². The van der Waals surface area contributed by atoms with Gasteiger partial charge in [0.2, 0.25) is 0 Å². The van der Waals surface area contributed by atoms with Gasteiger partial charge in [-0.1, -0.05) is 18.2 Å². The molecule has 0 aliphatic carbocycles. The first kappa shape index (κ1) is 12.7. The van der Waals surface area contributed by atoms with Gasteiger partial charge in [-0.05, 0) is 37.1 Å². The highest BCUT2D eigenvalue weighted by Gasteiger charge is 2.21. The standard InChI is InChI=1S/C14H14ClNO2/c1-10-5-3-6-11(2)13(10)16(9-15)14(17)12-7-4-8-18-12/h3-8H,9H2,1-2H3. The van der Waals surface area contributed by atoms with E-state index in [0.717, 1.165) is 16.8 Å². The van der Waals surface area contributed by atoms with E-state index in [2.05, 4.69) is 0 Å². The van der Waals surface area contributed by atoms with Gasteiger partial charge in [-0.15, -0.1) is 11.6 Å². The van der Waals surface area contributed by atoms with Gasteiger partial charge in [0.15, 0.2) is 5.76 Å². The third kappa shape index (κ3) is 2.27. The molecule has 4 heteroatoms. The summed E-state index contributed by atoms with van der Waals surface area (Å²) in [5.74, 6) is 0.0608. The van der Waals surface area contributed by atoms with E-state index in [1.54, 1.807) is 12.1 Å². The first-order valence-electron chi connectivity index (χ1n) is 5.62. The van der Waals surface area contributed by atoms with Gasteiger partial charge in [0.05, 0.1) is 12.0 Å². The van der Waals surface area contributed by atoms with Crippen LogP contribution in [0, 0.1) is 13.8 Å². The molecule has 2 aromatic rings. The summed E-state index contributed by atoms with van der Waals surface area (Å²) in [6, 6.07) is 9.28. The van der Waals surface area contributed by atoms with Crippen molar-refractivity contribution >= 4 is 23.2 Å². The normalized spacial score (nSPS) is 10.4. The molecule has 1 amide bonds. The van der Waals surface area contributed by atoms with Crippen molar-refractivity contribution in [2.75, 3.05) is 10.9 Å². The molecule has 1 heterocycles. The van der Waals surface area contributed by atoms with Crippen LogP contribution in [0.3, 0.4) is 0 Å². The Morgan fingerprint density at radius 1 is 1.22 bits per heavy atom. The number of anilines is 1. The Morgan fingerprint density at radius 3 is 2.39 bits per heavy atom. The Morgan fingerprint density at radius 2 is 1.89 bits per heavy atom. The van der Waals surface area contributed by atoms with Crippen LogP contribution in [0.1, 0.15) is 21.7 Å². The quantitative estimate of drug-likeness (QED) is 0.624. The molecule has 0 fully saturated rings. The Balaban J connectivity index is 2.43. The molecule has 0 aliphatic heterocycles. The minimum absolute atomic E-state index is 0.0885. The maximum Gasteiger partial charge on any atom is 0.295 e. The van der Waals surface area contributed by atoms with Gasteiger partial charge in [-0.3, -0.25) is 9.69 Å². The van der Waals surface area contributed by atoms with Crippen molar-refractivity contribution in [2.24, 2.45) is 0 Å². The topological polar surface area (TPSA) is 33.5 Å². The first-order valence-corrected chi connectivity index (χ1v) is 6.16. The second-order valence-electron chi connectivity index (χ2n) is 4.07. The number of halogens is 1. The van der Waals surface area contributed by atoms with Crippen LogP contribution < -0.4 is 4.90 Å². The minimum Gasteiger partial charge on any atom is -0.459 e. The molecular weight excluding hydrogens is 250 g/mol. The molecule has 0 spiro atoms. The molecule has 0 N–H and O–H groups in total. The SMILES string of the molecule is Cc1cccc(C)c1N(CCl)C(=O)c1ccco1. The van der Waals surface area contributed by atoms with Gasteiger partial charge in [0.1, 0.15) is 6.00 Å². The summed E-state index contributed by atoms with van der Waals surface area (Å²) in [6.07, 6.45) is 1.48. The van der Waals surface area contributed by atoms with Crippen LogP contribution >= 0.6 is 11.6 Å². The number of para-hydroxylation sites is 1. The fourth-order valence-corrected chi connectivity index (χ4v) is 2.21. The van der Waals surface area contributed by atoms with Gasteiger partial charge in [0.25, 0.3) is 5.91 Å². The van der Waals surface area contributed by atoms with Gasteiger partial charge in [0, 0.05) is 0 Å². The smallest absolute Gasteiger partial charge is 0.295 e. The average Bonchev–Trinajstić information content (AvgIpc) is 2.87. The number of rotatable bonds is 3. The molecule has 0 radical (unpaired) electrons. The lowest BCUT2D eigenvalue weighted by molar-refractivity contribution is 0.0964. The summed E-state index contributed by atoms with van der Waals surface area (Å²) < 4.78 is 5.13. The molecule has 0 bridgehead atoms. The van der Waals surface area contributed by atoms with Crippen molar-refractivity contribution in [3.05, 3.63) is 53.5 Å². The monoisotopic (exact) mass is 263 g/mol. The number of hydrogen-bond donors (Lipinski definition) is 0. The van der Waals surface area contributed by atoms with Gasteiger partial charge >= 0.3 is 0 Å². The van der Waals surface area contributed by atoms with Crippen LogP contribution in [0.4, 0.5) is 5.69 Å². The lowest BCUT2D eigenvalue weighted by Crippen LogP contribution is -2.30.